The molecule has 202 valence electrons. The summed E-state index contributed by atoms with van der Waals surface area (Å²) in [6, 6.07) is 4.71. The van der Waals surface area contributed by atoms with Crippen molar-refractivity contribution >= 4 is 51.8 Å². The number of aromatic nitrogens is 2. The van der Waals surface area contributed by atoms with Gasteiger partial charge >= 0.3 is 11.9 Å². The molecule has 1 amide bonds. The summed E-state index contributed by atoms with van der Waals surface area (Å²) in [7, 11) is 1.65. The number of fused-ring (bicyclic) bond motifs is 1. The van der Waals surface area contributed by atoms with E-state index in [0.29, 0.717) is 23.0 Å². The minimum absolute atomic E-state index is 0.00157. The van der Waals surface area contributed by atoms with E-state index in [9.17, 15) is 29.7 Å². The van der Waals surface area contributed by atoms with Gasteiger partial charge in [0.15, 0.2) is 36.0 Å². The molecule has 0 aromatic carbocycles. The molecule has 1 fully saturated rings. The lowest BCUT2D eigenvalue weighted by molar-refractivity contribution is -0.689. The molecule has 0 saturated carbocycles. The highest BCUT2D eigenvalue weighted by Crippen LogP contribution is 2.42. The summed E-state index contributed by atoms with van der Waals surface area (Å²) < 4.78 is 1.85. The Morgan fingerprint density at radius 2 is 1.97 bits per heavy atom. The van der Waals surface area contributed by atoms with Crippen LogP contribution < -0.4 is 15.2 Å². The third-order valence-electron chi connectivity index (χ3n) is 5.92. The highest BCUT2D eigenvalue weighted by atomic mass is 32.2. The van der Waals surface area contributed by atoms with E-state index in [0.717, 1.165) is 0 Å². The lowest BCUT2D eigenvalue weighted by Gasteiger charge is -2.55. The fourth-order valence-corrected chi connectivity index (χ4v) is 5.89. The van der Waals surface area contributed by atoms with Crippen molar-refractivity contribution in [3.05, 3.63) is 52.9 Å². The monoisotopic (exact) mass is 563 g/mol. The van der Waals surface area contributed by atoms with Crippen LogP contribution in [0.15, 0.2) is 52.4 Å². The average Bonchev–Trinajstić information content (AvgIpc) is 3.36. The van der Waals surface area contributed by atoms with Crippen LogP contribution in [0.4, 0.5) is 5.13 Å². The van der Waals surface area contributed by atoms with Gasteiger partial charge in [-0.3, -0.25) is 4.79 Å². The molecule has 4 rings (SSSR count). The van der Waals surface area contributed by atoms with E-state index in [1.807, 2.05) is 35.2 Å². The Hall–Kier alpha value is -3.69. The summed E-state index contributed by atoms with van der Waals surface area (Å²) in [4.78, 5) is 47.7. The number of amides is 1. The molecular weight excluding hydrogens is 536 g/mol. The molecule has 2 aliphatic heterocycles. The van der Waals surface area contributed by atoms with Crippen molar-refractivity contribution in [3.63, 3.8) is 0 Å². The van der Waals surface area contributed by atoms with Crippen molar-refractivity contribution in [2.45, 2.75) is 43.6 Å². The number of carboxylic acid groups (broad SMARTS) is 2. The van der Waals surface area contributed by atoms with Crippen molar-refractivity contribution in [2.24, 2.45) is 5.16 Å². The second-order valence-corrected chi connectivity index (χ2v) is 10.9. The van der Waals surface area contributed by atoms with E-state index in [1.165, 1.54) is 41.8 Å². The molecule has 0 radical (unpaired) electrons. The second-order valence-electron chi connectivity index (χ2n) is 8.96. The van der Waals surface area contributed by atoms with Crippen molar-refractivity contribution < 1.29 is 39.1 Å². The number of carbonyl (C=O) groups is 3. The van der Waals surface area contributed by atoms with Crippen molar-refractivity contribution in [2.75, 3.05) is 18.1 Å². The number of nitrogens with one attached hydrogen (secondary N) is 2. The summed E-state index contributed by atoms with van der Waals surface area (Å²) >= 11 is 2.60. The van der Waals surface area contributed by atoms with Gasteiger partial charge in [0.25, 0.3) is 5.91 Å². The number of pyridine rings is 1. The number of nitrogens with zero attached hydrogens (tertiary/aromatic N) is 4. The molecule has 5 N–H and O–H groups in total. The van der Waals surface area contributed by atoms with Gasteiger partial charge in [-0.2, -0.15) is 0 Å². The molecule has 15 heteroatoms. The number of carbonyl (C=O) groups excluding carboxylic acids is 1. The number of aliphatic hydroxyl groups excluding tert-OH is 1. The minimum Gasteiger partial charge on any atom is -0.478 e. The van der Waals surface area contributed by atoms with Gasteiger partial charge in [-0.05, 0) is 13.8 Å². The number of oxime groups is 1. The van der Waals surface area contributed by atoms with Gasteiger partial charge in [0.1, 0.15) is 22.8 Å². The SMILES string of the molecule is CNc1nc(/C(=N/OC(C)(C)C(=O)O)C(=O)N[C@@H]2C(O)N3C(C(=O)O)=C(C[n+]4ccccc4)CSC23)cs1. The molecule has 0 bridgehead atoms. The van der Waals surface area contributed by atoms with Crippen LogP contribution in [0.5, 0.6) is 0 Å². The molecule has 3 atom stereocenters. The topological polar surface area (TPSA) is 178 Å². The van der Waals surface area contributed by atoms with Crippen molar-refractivity contribution in [1.29, 1.82) is 0 Å². The number of thiazole rings is 1. The standard InChI is InChI=1S/C23H26N6O7S2/c1-23(2,21(34)35)36-27-14(13-11-38-22(24-3)25-13)17(30)26-15-18(31)29-16(20(32)33)12(10-37-19(15)29)9-28-7-5-4-6-8-28/h4-8,11,15,18-19,31H,9-10H2,1-3H3,(H3-,24,25,26,30,32,33,34,35)/p+1/b27-14-/t15-,18?,19?/m1/s1. The number of carboxylic acids is 2. The molecule has 2 aromatic heterocycles. The maximum absolute atomic E-state index is 13.3. The number of aliphatic hydroxyl groups is 1. The van der Waals surface area contributed by atoms with Gasteiger partial charge in [0.05, 0.1) is 0 Å². The van der Waals surface area contributed by atoms with Crippen molar-refractivity contribution in [1.82, 2.24) is 15.2 Å². The van der Waals surface area contributed by atoms with Crippen LogP contribution in [0, 0.1) is 0 Å². The molecule has 2 aliphatic rings. The van der Waals surface area contributed by atoms with Gasteiger partial charge in [-0.15, -0.1) is 23.1 Å². The molecule has 2 unspecified atom stereocenters. The molecule has 38 heavy (non-hydrogen) atoms. The number of thioether (sulfide) groups is 1. The number of aliphatic carboxylic acids is 2. The zero-order valence-electron chi connectivity index (χ0n) is 20.7. The van der Waals surface area contributed by atoms with E-state index in [4.69, 9.17) is 4.84 Å². The lowest BCUT2D eigenvalue weighted by Crippen LogP contribution is -2.73. The van der Waals surface area contributed by atoms with Crippen molar-refractivity contribution in [3.8, 4) is 0 Å². The third kappa shape index (κ3) is 5.44. The molecule has 1 saturated heterocycles. The van der Waals surface area contributed by atoms with Gasteiger partial charge in [0, 0.05) is 35.9 Å². The van der Waals surface area contributed by atoms with Gasteiger partial charge in [0.2, 0.25) is 5.60 Å². The smallest absolute Gasteiger partial charge is 0.352 e. The Balaban J connectivity index is 1.55. The quantitative estimate of drug-likeness (QED) is 0.152. The Kier molecular flexibility index (Phi) is 7.89. The molecule has 4 heterocycles. The predicted molar refractivity (Wildman–Crippen MR) is 138 cm³/mol. The first kappa shape index (κ1) is 27.3. The Bertz CT molecular complexity index is 1300. The zero-order valence-corrected chi connectivity index (χ0v) is 22.3. The summed E-state index contributed by atoms with van der Waals surface area (Å²) in [6.07, 6.45) is 2.34. The number of hydrogen-bond donors (Lipinski definition) is 5. The van der Waals surface area contributed by atoms with Gasteiger partial charge in [-0.25, -0.2) is 19.1 Å². The Morgan fingerprint density at radius 3 is 2.58 bits per heavy atom. The lowest BCUT2D eigenvalue weighted by atomic mass is 10.0. The largest absolute Gasteiger partial charge is 0.478 e. The Labute approximate surface area is 225 Å². The van der Waals surface area contributed by atoms with Gasteiger partial charge < -0.3 is 35.7 Å². The second kappa shape index (κ2) is 11.0. The van der Waals surface area contributed by atoms with Crippen LogP contribution in [0.25, 0.3) is 0 Å². The zero-order chi connectivity index (χ0) is 27.6. The molecule has 0 aliphatic carbocycles. The van der Waals surface area contributed by atoms with Crippen LogP contribution in [0.2, 0.25) is 0 Å². The summed E-state index contributed by atoms with van der Waals surface area (Å²) in [6.45, 7) is 2.91. The highest BCUT2D eigenvalue weighted by Gasteiger charge is 2.54. The maximum Gasteiger partial charge on any atom is 0.352 e. The average molecular weight is 564 g/mol. The van der Waals surface area contributed by atoms with Gasteiger partial charge in [-0.1, -0.05) is 11.2 Å². The Morgan fingerprint density at radius 1 is 1.26 bits per heavy atom. The van der Waals surface area contributed by atoms with Crippen LogP contribution in [-0.4, -0.2) is 84.8 Å². The summed E-state index contributed by atoms with van der Waals surface area (Å²) in [5, 5.41) is 41.0. The summed E-state index contributed by atoms with van der Waals surface area (Å²) in [5.41, 5.74) is -1.21. The molecule has 13 nitrogen and oxygen atoms in total. The van der Waals surface area contributed by atoms with E-state index in [-0.39, 0.29) is 17.1 Å². The highest BCUT2D eigenvalue weighted by molar-refractivity contribution is 8.00. The third-order valence-corrected chi connectivity index (χ3v) is 8.15. The fourth-order valence-electron chi connectivity index (χ4n) is 3.83. The van der Waals surface area contributed by atoms with Crippen LogP contribution >= 0.6 is 23.1 Å². The van der Waals surface area contributed by atoms with Crippen LogP contribution in [0.1, 0.15) is 19.5 Å². The normalized spacial score (nSPS) is 21.3. The first-order chi connectivity index (χ1) is 18.0. The maximum atomic E-state index is 13.3. The first-order valence-corrected chi connectivity index (χ1v) is 13.4. The predicted octanol–water partition coefficient (Wildman–Crippen LogP) is 0.287. The van der Waals surface area contributed by atoms with E-state index in [1.54, 1.807) is 12.4 Å². The fraction of sp³-hybridized carbons (Fsp3) is 0.391. The first-order valence-electron chi connectivity index (χ1n) is 11.4. The van der Waals surface area contributed by atoms with Crippen LogP contribution in [0.3, 0.4) is 0 Å². The number of rotatable bonds is 10. The molecule has 2 aromatic rings. The molecular formula is C23H27N6O7S2+. The number of anilines is 1. The van der Waals surface area contributed by atoms with E-state index in [2.05, 4.69) is 20.8 Å². The van der Waals surface area contributed by atoms with E-state index >= 15 is 0 Å². The minimum atomic E-state index is -1.71. The van der Waals surface area contributed by atoms with Crippen LogP contribution in [-0.2, 0) is 25.8 Å². The number of hydrogen-bond acceptors (Lipinski definition) is 11. The molecule has 0 spiro atoms. The summed E-state index contributed by atoms with van der Waals surface area (Å²) in [5.74, 6) is -2.82. The van der Waals surface area contributed by atoms with E-state index < -0.39 is 41.1 Å².